The molecule has 0 saturated heterocycles. The number of hydrogen-bond acceptors (Lipinski definition) is 0. The number of hydrogen-bond donors (Lipinski definition) is 0. The van der Waals surface area contributed by atoms with Crippen molar-refractivity contribution in [2.75, 3.05) is 0 Å². The first-order valence-electron chi connectivity index (χ1n) is 11.0. The lowest BCUT2D eigenvalue weighted by molar-refractivity contribution is 0.347. The second-order valence-electron chi connectivity index (χ2n) is 8.94. The number of benzene rings is 3. The zero-order valence-electron chi connectivity index (χ0n) is 16.4. The van der Waals surface area contributed by atoms with Crippen LogP contribution in [0.3, 0.4) is 0 Å². The van der Waals surface area contributed by atoms with Gasteiger partial charge in [-0.25, -0.2) is 0 Å². The monoisotopic (exact) mass is 363 g/mol. The average Bonchev–Trinajstić information content (AvgIpc) is 3.34. The minimum Gasteiger partial charge on any atom is -0.0620 e. The third kappa shape index (κ3) is 2.50. The molecular weight excluding hydrogens is 336 g/mol. The first-order valence-corrected chi connectivity index (χ1v) is 11.0. The van der Waals surface area contributed by atoms with Crippen molar-refractivity contribution in [3.05, 3.63) is 113 Å². The lowest BCUT2D eigenvalue weighted by atomic mass is 9.67. The minimum absolute atomic E-state index is 0.619. The Hall–Kier alpha value is -2.34. The first-order chi connectivity index (χ1) is 13.9. The van der Waals surface area contributed by atoms with Gasteiger partial charge in [-0.1, -0.05) is 72.8 Å². The van der Waals surface area contributed by atoms with Crippen LogP contribution in [0.4, 0.5) is 0 Å². The van der Waals surface area contributed by atoms with E-state index in [0.717, 1.165) is 0 Å². The lowest BCUT2D eigenvalue weighted by Crippen LogP contribution is -2.24. The van der Waals surface area contributed by atoms with Crippen LogP contribution in [0.2, 0.25) is 0 Å². The highest BCUT2D eigenvalue weighted by atomic mass is 14.5. The fraction of sp³-hybridized carbons (Fsp3) is 0.321. The number of rotatable bonds is 2. The van der Waals surface area contributed by atoms with E-state index in [1.165, 1.54) is 37.7 Å². The second kappa shape index (κ2) is 6.62. The predicted octanol–water partition coefficient (Wildman–Crippen LogP) is 6.80. The highest BCUT2D eigenvalue weighted by Gasteiger charge is 2.44. The molecule has 0 N–H and O–H groups in total. The molecule has 3 aliphatic carbocycles. The van der Waals surface area contributed by atoms with Crippen LogP contribution in [0.25, 0.3) is 0 Å². The van der Waals surface area contributed by atoms with Gasteiger partial charge in [0.25, 0.3) is 0 Å². The molecule has 28 heavy (non-hydrogen) atoms. The van der Waals surface area contributed by atoms with Crippen LogP contribution in [0, 0.1) is 12.3 Å². The van der Waals surface area contributed by atoms with Gasteiger partial charge in [0.05, 0.1) is 0 Å². The van der Waals surface area contributed by atoms with Gasteiger partial charge < -0.3 is 0 Å². The van der Waals surface area contributed by atoms with Gasteiger partial charge in [0, 0.05) is 0 Å². The second-order valence-corrected chi connectivity index (χ2v) is 8.94. The summed E-state index contributed by atoms with van der Waals surface area (Å²) in [6.07, 6.45) is 9.09. The smallest absolute Gasteiger partial charge is 0.00468 e. The maximum absolute atomic E-state index is 2.63. The van der Waals surface area contributed by atoms with Crippen LogP contribution in [0.5, 0.6) is 0 Å². The van der Waals surface area contributed by atoms with Crippen LogP contribution >= 0.6 is 0 Å². The molecule has 0 saturated carbocycles. The molecule has 3 aromatic rings. The van der Waals surface area contributed by atoms with Gasteiger partial charge in [-0.15, -0.1) is 0 Å². The highest BCUT2D eigenvalue weighted by molar-refractivity contribution is 5.50. The molecule has 0 heteroatoms. The predicted molar refractivity (Wildman–Crippen MR) is 116 cm³/mol. The molecule has 0 aliphatic heterocycles. The summed E-state index contributed by atoms with van der Waals surface area (Å²) < 4.78 is 0. The zero-order valence-corrected chi connectivity index (χ0v) is 16.4. The highest BCUT2D eigenvalue weighted by Crippen LogP contribution is 2.57. The third-order valence-corrected chi connectivity index (χ3v) is 7.63. The Morgan fingerprint density at radius 1 is 0.571 bits per heavy atom. The molecule has 4 atom stereocenters. The summed E-state index contributed by atoms with van der Waals surface area (Å²) >= 11 is 0. The maximum atomic E-state index is 2.63. The van der Waals surface area contributed by atoms with Crippen molar-refractivity contribution >= 4 is 0 Å². The summed E-state index contributed by atoms with van der Waals surface area (Å²) in [7, 11) is 0. The Bertz CT molecular complexity index is 1010. The third-order valence-electron chi connectivity index (χ3n) is 7.63. The van der Waals surface area contributed by atoms with Crippen molar-refractivity contribution in [3.63, 3.8) is 0 Å². The molecule has 4 unspecified atom stereocenters. The lowest BCUT2D eigenvalue weighted by Gasteiger charge is -2.36. The van der Waals surface area contributed by atoms with E-state index in [9.17, 15) is 0 Å². The van der Waals surface area contributed by atoms with Crippen molar-refractivity contribution in [2.45, 2.75) is 49.9 Å². The van der Waals surface area contributed by atoms with Gasteiger partial charge in [-0.2, -0.15) is 0 Å². The van der Waals surface area contributed by atoms with E-state index in [4.69, 9.17) is 0 Å². The molecule has 0 nitrogen and oxygen atoms in total. The van der Waals surface area contributed by atoms with Gasteiger partial charge in [0.2, 0.25) is 0 Å². The maximum Gasteiger partial charge on any atom is -0.00468 e. The van der Waals surface area contributed by atoms with E-state index in [1.807, 2.05) is 0 Å². The van der Waals surface area contributed by atoms with E-state index in [1.54, 1.807) is 27.8 Å². The summed E-state index contributed by atoms with van der Waals surface area (Å²) in [5.41, 5.74) is 9.50. The van der Waals surface area contributed by atoms with E-state index >= 15 is 0 Å². The van der Waals surface area contributed by atoms with E-state index in [-0.39, 0.29) is 0 Å². The Kier molecular flexibility index (Phi) is 3.93. The van der Waals surface area contributed by atoms with Gasteiger partial charge >= 0.3 is 0 Å². The van der Waals surface area contributed by atoms with Crippen LogP contribution in [0.15, 0.2) is 72.8 Å². The summed E-state index contributed by atoms with van der Waals surface area (Å²) in [5.74, 6) is 2.57. The van der Waals surface area contributed by atoms with E-state index < -0.39 is 0 Å². The van der Waals surface area contributed by atoms with E-state index in [2.05, 4.69) is 79.2 Å². The molecule has 0 spiro atoms. The number of fused-ring (bicyclic) bond motifs is 3. The largest absolute Gasteiger partial charge is 0.0620 e. The Labute approximate surface area is 168 Å². The Morgan fingerprint density at radius 3 is 2.04 bits per heavy atom. The average molecular weight is 364 g/mol. The molecule has 139 valence electrons. The summed E-state index contributed by atoms with van der Waals surface area (Å²) in [4.78, 5) is 0. The van der Waals surface area contributed by atoms with Crippen molar-refractivity contribution < 1.29 is 0 Å². The SMILES string of the molecule is [CH]1c2ccccc2C(C2CCCc3ccccc32)C1C1CCc2ccccc21. The zero-order chi connectivity index (χ0) is 18.5. The summed E-state index contributed by atoms with van der Waals surface area (Å²) in [5, 5.41) is 0. The fourth-order valence-electron chi connectivity index (χ4n) is 6.49. The van der Waals surface area contributed by atoms with Gasteiger partial charge in [0.1, 0.15) is 0 Å². The Morgan fingerprint density at radius 2 is 1.21 bits per heavy atom. The molecule has 6 rings (SSSR count). The minimum atomic E-state index is 0.619. The molecule has 1 radical (unpaired) electrons. The molecular formula is C28H27. The van der Waals surface area contributed by atoms with Crippen molar-refractivity contribution in [1.82, 2.24) is 0 Å². The standard InChI is InChI=1S/C28H27/c1-5-13-23-19(8-1)11-7-15-26(23)28-24-14-6-3-10-21(24)18-27(28)25-17-16-20-9-2-4-12-22(20)25/h1-6,8-10,12-14,18,25-28H,7,11,15-17H2. The van der Waals surface area contributed by atoms with Crippen molar-refractivity contribution in [1.29, 1.82) is 0 Å². The molecule has 0 amide bonds. The van der Waals surface area contributed by atoms with E-state index in [0.29, 0.717) is 23.7 Å². The molecule has 0 heterocycles. The molecule has 3 aromatic carbocycles. The first kappa shape index (κ1) is 16.6. The molecule has 0 fully saturated rings. The van der Waals surface area contributed by atoms with Crippen LogP contribution in [-0.2, 0) is 12.8 Å². The van der Waals surface area contributed by atoms with Crippen molar-refractivity contribution in [3.8, 4) is 0 Å². The quantitative estimate of drug-likeness (QED) is 0.469. The van der Waals surface area contributed by atoms with Crippen molar-refractivity contribution in [2.24, 2.45) is 5.92 Å². The van der Waals surface area contributed by atoms with Gasteiger partial charge in [0.15, 0.2) is 0 Å². The van der Waals surface area contributed by atoms with Gasteiger partial charge in [-0.3, -0.25) is 0 Å². The number of aryl methyl sites for hydroxylation is 2. The molecule has 3 aliphatic rings. The van der Waals surface area contributed by atoms with Crippen LogP contribution in [0.1, 0.15) is 70.4 Å². The normalized spacial score (nSPS) is 27.9. The van der Waals surface area contributed by atoms with Crippen LogP contribution in [-0.4, -0.2) is 0 Å². The van der Waals surface area contributed by atoms with Crippen LogP contribution < -0.4 is 0 Å². The summed E-state index contributed by atoms with van der Waals surface area (Å²) in [6, 6.07) is 27.7. The fourth-order valence-corrected chi connectivity index (χ4v) is 6.49. The summed E-state index contributed by atoms with van der Waals surface area (Å²) in [6.45, 7) is 0. The molecule has 0 aromatic heterocycles. The van der Waals surface area contributed by atoms with Gasteiger partial charge in [-0.05, 0) is 95.6 Å². The molecule has 0 bridgehead atoms. The Balaban J connectivity index is 1.46. The topological polar surface area (TPSA) is 0 Å².